The Morgan fingerprint density at radius 3 is 2.72 bits per heavy atom. The number of nitrogens with one attached hydrogen (secondary N) is 3. The topological polar surface area (TPSA) is 126 Å². The van der Waals surface area contributed by atoms with E-state index in [9.17, 15) is 14.0 Å². The van der Waals surface area contributed by atoms with Crippen LogP contribution in [0.25, 0.3) is 11.1 Å². The van der Waals surface area contributed by atoms with Gasteiger partial charge < -0.3 is 30.2 Å². The lowest BCUT2D eigenvalue weighted by Gasteiger charge is -2.15. The Kier molecular flexibility index (Phi) is 7.63. The molecule has 32 heavy (non-hydrogen) atoms. The Balaban J connectivity index is 1.69. The van der Waals surface area contributed by atoms with E-state index < -0.39 is 12.1 Å². The highest BCUT2D eigenvalue weighted by Gasteiger charge is 2.20. The molecular formula is C22H23FN4O5. The van der Waals surface area contributed by atoms with Gasteiger partial charge in [0.15, 0.2) is 5.58 Å². The molecule has 1 heterocycles. The van der Waals surface area contributed by atoms with Crippen molar-refractivity contribution in [1.82, 2.24) is 15.6 Å². The van der Waals surface area contributed by atoms with Gasteiger partial charge in [0.2, 0.25) is 5.91 Å². The lowest BCUT2D eigenvalue weighted by Crippen LogP contribution is -2.39. The third-order valence-corrected chi connectivity index (χ3v) is 4.55. The van der Waals surface area contributed by atoms with Crippen LogP contribution in [0, 0.1) is 0 Å². The molecule has 1 unspecified atom stereocenters. The summed E-state index contributed by atoms with van der Waals surface area (Å²) >= 11 is 0. The van der Waals surface area contributed by atoms with Crippen molar-refractivity contribution >= 4 is 29.1 Å². The largest absolute Gasteiger partial charge is 0.489 e. The second-order valence-corrected chi connectivity index (χ2v) is 6.86. The van der Waals surface area contributed by atoms with Crippen LogP contribution in [0.2, 0.25) is 0 Å². The minimum Gasteiger partial charge on any atom is -0.489 e. The zero-order valence-electron chi connectivity index (χ0n) is 17.3. The van der Waals surface area contributed by atoms with E-state index in [1.54, 1.807) is 25.2 Å². The van der Waals surface area contributed by atoms with Crippen molar-refractivity contribution in [2.45, 2.75) is 12.5 Å². The van der Waals surface area contributed by atoms with Crippen molar-refractivity contribution in [3.63, 3.8) is 0 Å². The van der Waals surface area contributed by atoms with Crippen LogP contribution in [0.3, 0.4) is 0 Å². The van der Waals surface area contributed by atoms with Crippen LogP contribution in [-0.2, 0) is 11.2 Å². The molecule has 0 aliphatic carbocycles. The Labute approximate surface area is 183 Å². The number of benzene rings is 2. The number of carboxylic acid groups (broad SMARTS) is 1. The predicted octanol–water partition coefficient (Wildman–Crippen LogP) is 3.10. The molecule has 0 fully saturated rings. The average molecular weight is 442 g/mol. The fourth-order valence-corrected chi connectivity index (χ4v) is 2.93. The fourth-order valence-electron chi connectivity index (χ4n) is 2.93. The maximum atomic E-state index is 12.9. The molecule has 3 aromatic rings. The summed E-state index contributed by atoms with van der Waals surface area (Å²) in [6, 6.07) is 14.0. The summed E-state index contributed by atoms with van der Waals surface area (Å²) in [7, 11) is 1.56. The van der Waals surface area contributed by atoms with E-state index in [1.807, 2.05) is 30.3 Å². The molecule has 0 saturated heterocycles. The standard InChI is InChI=1S/C22H23FN4O5/c1-24-20(28)18(9-14-5-3-2-4-6-14)27-21-26-17-8-7-16(10-19(17)32-21)31-13-15(11-23)12-25-22(29)30/h2-8,10-11,18,25H,9,12-13H2,1H3,(H,24,28)(H,26,27)(H,29,30). The van der Waals surface area contributed by atoms with Gasteiger partial charge in [-0.3, -0.25) is 4.79 Å². The SMILES string of the molecule is CNC(=O)C(Cc1ccccc1)Nc1nc2ccc(OCC(=CF)CNC(=O)O)cc2o1. The molecule has 4 N–H and O–H groups in total. The van der Waals surface area contributed by atoms with Crippen LogP contribution in [-0.4, -0.2) is 48.3 Å². The number of rotatable bonds is 10. The predicted molar refractivity (Wildman–Crippen MR) is 116 cm³/mol. The van der Waals surface area contributed by atoms with E-state index in [0.29, 0.717) is 29.6 Å². The van der Waals surface area contributed by atoms with E-state index in [1.165, 1.54) is 0 Å². The molecular weight excluding hydrogens is 419 g/mol. The van der Waals surface area contributed by atoms with Gasteiger partial charge in [0.05, 0.1) is 6.33 Å². The summed E-state index contributed by atoms with van der Waals surface area (Å²) in [6.45, 7) is -0.329. The molecule has 0 radical (unpaired) electrons. The zero-order chi connectivity index (χ0) is 22.9. The average Bonchev–Trinajstić information content (AvgIpc) is 3.20. The van der Waals surface area contributed by atoms with Crippen LogP contribution in [0.4, 0.5) is 15.2 Å². The summed E-state index contributed by atoms with van der Waals surface area (Å²) in [5.41, 5.74) is 2.06. The van der Waals surface area contributed by atoms with Crippen molar-refractivity contribution in [3.8, 4) is 5.75 Å². The van der Waals surface area contributed by atoms with E-state index in [-0.39, 0.29) is 30.6 Å². The number of carbonyl (C=O) groups excluding carboxylic acids is 1. The number of anilines is 1. The molecule has 2 amide bonds. The number of hydrogen-bond acceptors (Lipinski definition) is 6. The molecule has 3 rings (SSSR count). The van der Waals surface area contributed by atoms with E-state index in [0.717, 1.165) is 5.56 Å². The Morgan fingerprint density at radius 1 is 1.25 bits per heavy atom. The molecule has 0 spiro atoms. The number of hydrogen-bond donors (Lipinski definition) is 4. The lowest BCUT2D eigenvalue weighted by molar-refractivity contribution is -0.121. The normalized spacial score (nSPS) is 12.2. The highest BCUT2D eigenvalue weighted by Crippen LogP contribution is 2.25. The third kappa shape index (κ3) is 6.21. The van der Waals surface area contributed by atoms with Crippen molar-refractivity contribution in [3.05, 3.63) is 66.0 Å². The fraction of sp³-hybridized carbons (Fsp3) is 0.227. The second kappa shape index (κ2) is 10.8. The maximum absolute atomic E-state index is 12.9. The van der Waals surface area contributed by atoms with Crippen LogP contribution in [0.5, 0.6) is 5.75 Å². The van der Waals surface area contributed by atoms with E-state index in [4.69, 9.17) is 14.3 Å². The Morgan fingerprint density at radius 2 is 2.03 bits per heavy atom. The highest BCUT2D eigenvalue weighted by atomic mass is 19.1. The Hall–Kier alpha value is -4.08. The monoisotopic (exact) mass is 442 g/mol. The number of carbonyl (C=O) groups is 2. The molecule has 2 aromatic carbocycles. The smallest absolute Gasteiger partial charge is 0.404 e. The summed E-state index contributed by atoms with van der Waals surface area (Å²) < 4.78 is 24.1. The van der Waals surface area contributed by atoms with Gasteiger partial charge in [-0.15, -0.1) is 0 Å². The number of nitrogens with zero attached hydrogens (tertiary/aromatic N) is 1. The summed E-state index contributed by atoms with van der Waals surface area (Å²) in [5, 5.41) is 16.3. The maximum Gasteiger partial charge on any atom is 0.404 e. The summed E-state index contributed by atoms with van der Waals surface area (Å²) in [5.74, 6) is 0.183. The lowest BCUT2D eigenvalue weighted by atomic mass is 10.1. The molecule has 10 heteroatoms. The third-order valence-electron chi connectivity index (χ3n) is 4.55. The van der Waals surface area contributed by atoms with Crippen LogP contribution < -0.4 is 20.7 Å². The van der Waals surface area contributed by atoms with Gasteiger partial charge in [-0.25, -0.2) is 9.18 Å². The number of aromatic nitrogens is 1. The molecule has 1 atom stereocenters. The van der Waals surface area contributed by atoms with Crippen molar-refractivity contribution < 1.29 is 28.2 Å². The number of halogens is 1. The second-order valence-electron chi connectivity index (χ2n) is 6.86. The van der Waals surface area contributed by atoms with Gasteiger partial charge in [-0.2, -0.15) is 4.98 Å². The van der Waals surface area contributed by atoms with Crippen LogP contribution in [0.1, 0.15) is 5.56 Å². The molecule has 0 saturated carbocycles. The quantitative estimate of drug-likeness (QED) is 0.380. The number of likely N-dealkylation sites (N-methyl/N-ethyl adjacent to an activating group) is 1. The first-order valence-electron chi connectivity index (χ1n) is 9.79. The molecule has 168 valence electrons. The van der Waals surface area contributed by atoms with Gasteiger partial charge in [-0.1, -0.05) is 30.3 Å². The number of ether oxygens (including phenoxy) is 1. The highest BCUT2D eigenvalue weighted by molar-refractivity contribution is 5.84. The summed E-state index contributed by atoms with van der Waals surface area (Å²) in [4.78, 5) is 27.2. The van der Waals surface area contributed by atoms with Crippen LogP contribution in [0.15, 0.2) is 64.9 Å². The summed E-state index contributed by atoms with van der Waals surface area (Å²) in [6.07, 6.45) is -0.512. The van der Waals surface area contributed by atoms with Gasteiger partial charge >= 0.3 is 6.09 Å². The van der Waals surface area contributed by atoms with Crippen molar-refractivity contribution in [1.29, 1.82) is 0 Å². The van der Waals surface area contributed by atoms with Crippen molar-refractivity contribution in [2.24, 2.45) is 0 Å². The molecule has 1 aromatic heterocycles. The minimum atomic E-state index is -1.25. The van der Waals surface area contributed by atoms with Crippen LogP contribution >= 0.6 is 0 Å². The minimum absolute atomic E-state index is 0.127. The zero-order valence-corrected chi connectivity index (χ0v) is 17.3. The van der Waals surface area contributed by atoms with Gasteiger partial charge in [0, 0.05) is 31.7 Å². The first kappa shape index (κ1) is 22.6. The van der Waals surface area contributed by atoms with E-state index in [2.05, 4.69) is 20.9 Å². The first-order valence-corrected chi connectivity index (χ1v) is 9.79. The molecule has 0 aliphatic rings. The molecule has 9 nitrogen and oxygen atoms in total. The van der Waals surface area contributed by atoms with E-state index >= 15 is 0 Å². The van der Waals surface area contributed by atoms with Gasteiger partial charge in [-0.05, 0) is 17.7 Å². The number of amides is 2. The van der Waals surface area contributed by atoms with Gasteiger partial charge in [0.1, 0.15) is 23.9 Å². The number of fused-ring (bicyclic) bond motifs is 1. The number of oxazole rings is 1. The molecule has 0 bridgehead atoms. The van der Waals surface area contributed by atoms with Crippen molar-refractivity contribution in [2.75, 3.05) is 25.5 Å². The Bertz CT molecular complexity index is 1100. The molecule has 0 aliphatic heterocycles. The van der Waals surface area contributed by atoms with Gasteiger partial charge in [0.25, 0.3) is 6.01 Å². The first-order chi connectivity index (χ1) is 15.5.